The van der Waals surface area contributed by atoms with Crippen molar-refractivity contribution in [2.24, 2.45) is 14.1 Å². The van der Waals surface area contributed by atoms with Crippen molar-refractivity contribution in [2.45, 2.75) is 45.4 Å². The summed E-state index contributed by atoms with van der Waals surface area (Å²) < 4.78 is 78.9. The highest BCUT2D eigenvalue weighted by Gasteiger charge is 2.24. The number of methoxy groups -OCH3 is 2. The van der Waals surface area contributed by atoms with E-state index in [9.17, 15) is 17.5 Å². The predicted molar refractivity (Wildman–Crippen MR) is 394 cm³/mol. The van der Waals surface area contributed by atoms with Crippen LogP contribution in [0.1, 0.15) is 36.5 Å². The van der Waals surface area contributed by atoms with E-state index < -0.39 is 24.4 Å². The largest absolute Gasteiger partial charge is 0.495 e. The highest BCUT2D eigenvalue weighted by molar-refractivity contribution is 9.11. The van der Waals surface area contributed by atoms with Crippen molar-refractivity contribution >= 4 is 130 Å². The molecule has 32 heteroatoms. The number of ether oxygens (including phenoxy) is 4. The van der Waals surface area contributed by atoms with Gasteiger partial charge >= 0.3 is 0 Å². The third kappa shape index (κ3) is 22.2. The van der Waals surface area contributed by atoms with Crippen molar-refractivity contribution in [3.05, 3.63) is 141 Å². The zero-order chi connectivity index (χ0) is 70.8. The van der Waals surface area contributed by atoms with E-state index in [1.807, 2.05) is 69.3 Å². The molecule has 26 nitrogen and oxygen atoms in total. The van der Waals surface area contributed by atoms with Crippen molar-refractivity contribution in [2.75, 3.05) is 132 Å². The number of aromatic nitrogens is 10. The molecule has 520 valence electrons. The van der Waals surface area contributed by atoms with Gasteiger partial charge in [0.05, 0.1) is 89.6 Å². The van der Waals surface area contributed by atoms with Crippen molar-refractivity contribution < 1.29 is 46.2 Å². The Balaban J connectivity index is 0.000000197. The van der Waals surface area contributed by atoms with Gasteiger partial charge in [0.15, 0.2) is 0 Å². The van der Waals surface area contributed by atoms with Crippen LogP contribution in [0.2, 0.25) is 5.28 Å². The highest BCUT2D eigenvalue weighted by Crippen LogP contribution is 2.43. The molecule has 2 aliphatic rings. The van der Waals surface area contributed by atoms with E-state index in [2.05, 4.69) is 112 Å². The van der Waals surface area contributed by atoms with Crippen LogP contribution >= 0.6 is 57.7 Å². The molecule has 0 amide bonds. The molecule has 6 heterocycles. The molecule has 0 atom stereocenters. The summed E-state index contributed by atoms with van der Waals surface area (Å²) in [5.74, 6) is 3.05. The Hall–Kier alpha value is -7.56. The third-order valence-electron chi connectivity index (χ3n) is 14.8. The molecule has 11 rings (SSSR count). The molecule has 97 heavy (non-hydrogen) atoms. The second-order valence-electron chi connectivity index (χ2n) is 23.0. The average molecular weight is 1540 g/mol. The van der Waals surface area contributed by atoms with Gasteiger partial charge in [-0.2, -0.15) is 48.4 Å². The normalized spacial score (nSPS) is 13.1. The van der Waals surface area contributed by atoms with Crippen LogP contribution < -0.4 is 51.6 Å². The molecule has 7 N–H and O–H groups in total. The first kappa shape index (κ1) is 76.8. The van der Waals surface area contributed by atoms with E-state index >= 15 is 0 Å². The van der Waals surface area contributed by atoms with Crippen LogP contribution in [-0.4, -0.2) is 168 Å². The Bertz CT molecular complexity index is 4340. The smallest absolute Gasteiger partial charge is 0.294 e. The van der Waals surface area contributed by atoms with Crippen LogP contribution in [0.4, 0.5) is 51.7 Å². The van der Waals surface area contributed by atoms with Gasteiger partial charge in [-0.3, -0.25) is 4.55 Å². The van der Waals surface area contributed by atoms with Crippen molar-refractivity contribution in [3.63, 3.8) is 0 Å². The van der Waals surface area contributed by atoms with E-state index in [0.29, 0.717) is 74.0 Å². The van der Waals surface area contributed by atoms with Crippen LogP contribution in [0.15, 0.2) is 124 Å². The average Bonchev–Trinajstić information content (AvgIpc) is 1.71. The maximum absolute atomic E-state index is 13.3. The number of hydrogen-bond donors (Lipinski definition) is 6. The third-order valence-corrected chi connectivity index (χ3v) is 20.1. The Kier molecular flexibility index (Phi) is 27.9. The fourth-order valence-corrected chi connectivity index (χ4v) is 13.1. The molecule has 0 saturated carbocycles. The van der Waals surface area contributed by atoms with Crippen LogP contribution in [-0.2, 0) is 42.8 Å². The maximum atomic E-state index is 13.3. The van der Waals surface area contributed by atoms with E-state index in [0.717, 1.165) is 120 Å². The predicted octanol–water partition coefficient (Wildman–Crippen LogP) is 12.0. The number of nitrogens with two attached hydrogens (primary N) is 1. The maximum Gasteiger partial charge on any atom is 0.294 e. The number of nitrogens with one attached hydrogen (secondary N) is 3. The van der Waals surface area contributed by atoms with Crippen molar-refractivity contribution in [1.82, 2.24) is 49.9 Å². The molecule has 5 aromatic carbocycles. The van der Waals surface area contributed by atoms with Gasteiger partial charge in [0, 0.05) is 105 Å². The van der Waals surface area contributed by atoms with Crippen LogP contribution in [0.25, 0.3) is 22.5 Å². The van der Waals surface area contributed by atoms with Gasteiger partial charge < -0.3 is 64.7 Å². The molecule has 0 bridgehead atoms. The fraction of sp³-hybridized carbons (Fsp3) is 0.354. The number of aliphatic hydroxyl groups excluding tert-OH is 1. The summed E-state index contributed by atoms with van der Waals surface area (Å²) in [6.45, 7) is 21.6. The van der Waals surface area contributed by atoms with Crippen LogP contribution in [0, 0.1) is 20.8 Å². The highest BCUT2D eigenvalue weighted by atomic mass is 79.9. The number of aryl methyl sites for hydroxylation is 5. The number of anilines is 9. The molecule has 2 aliphatic heterocycles. The second-order valence-corrected chi connectivity index (χ2v) is 32.8. The standard InChI is InChI=1S/C27H32BrN8O3P.C15H15BrClN6OP.C12H18N2O2.C7H8O3S.C4H10O/c1-17-12-23(36-8-10-39-11-9-36)24(38-3)14-21(17)32-27-29-15-19(28)26(33-27)31-20-7-6-18(13-25(20)40(4,5)37)22-16-30-35(2)34-22;1-23-19-8-12(22-23)9-4-5-11(13(6-9)25(2,3)24)20-14-10(16)7-18-15(17)21-14;1-9-7-11(12(15-2)8-10(9)13)14-3-5-16-6-4-14;1-6-2-4-7(5-3-6)11(8,9)10;1-2-3-4-5/h6-7,12-16H,8-11H2,1-5H3,(H2,29,31,32,33);4-8H,1-3H3,(H,18,20,21);7-8H,3-6,13H2,1-2H3;2-5H,1H3,(H,8,9,10);5H,2-4H2,1H3. The van der Waals surface area contributed by atoms with Crippen molar-refractivity contribution in [3.8, 4) is 34.0 Å². The number of halogens is 3. The molecule has 9 aromatic rings. The first-order valence-corrected chi connectivity index (χ1v) is 39.2. The quantitative estimate of drug-likeness (QED) is 0.0213. The number of aliphatic hydroxyl groups is 1. The summed E-state index contributed by atoms with van der Waals surface area (Å²) in [5.41, 5.74) is 17.2. The monoisotopic (exact) mass is 1530 g/mol. The molecule has 0 radical (unpaired) electrons. The first-order valence-electron chi connectivity index (χ1n) is 30.6. The Morgan fingerprint density at radius 3 is 1.53 bits per heavy atom. The van der Waals surface area contributed by atoms with Gasteiger partial charge in [-0.05, 0) is 157 Å². The molecule has 0 aliphatic carbocycles. The molecule has 4 aromatic heterocycles. The summed E-state index contributed by atoms with van der Waals surface area (Å²) in [4.78, 5) is 24.7. The zero-order valence-corrected chi connectivity index (χ0v) is 62.7. The number of nitrogens with zero attached hydrogens (tertiary/aromatic N) is 12. The second kappa shape index (κ2) is 35.3. The fourth-order valence-electron chi connectivity index (χ4n) is 9.56. The van der Waals surface area contributed by atoms with E-state index in [4.69, 9.17) is 50.9 Å². The lowest BCUT2D eigenvalue weighted by atomic mass is 10.1. The SMILES string of the molecule is CCCCO.COc1cc(N)c(C)cc1N1CCOCC1.COc1cc(Nc2ncc(Br)c(Nc3ccc(-c4cnn(C)n4)cc3P(C)(C)=O)n2)c(C)cc1N1CCOCC1.Cc1ccc(S(=O)(=O)O)cc1.Cn1ncc(-c2ccc(Nc3nc(Cl)ncc3Br)c(P(C)(C)=O)c2)n1. The van der Waals surface area contributed by atoms with Gasteiger partial charge in [-0.1, -0.05) is 43.2 Å². The molecule has 0 unspecified atom stereocenters. The Morgan fingerprint density at radius 1 is 0.639 bits per heavy atom. The molecular formula is C65H83Br2ClN16O10P2S. The summed E-state index contributed by atoms with van der Waals surface area (Å²) in [6.07, 6.45) is 8.63. The molecule has 0 spiro atoms. The molecule has 2 saturated heterocycles. The van der Waals surface area contributed by atoms with Gasteiger partial charge in [0.1, 0.15) is 48.8 Å². The van der Waals surface area contributed by atoms with Crippen LogP contribution in [0.3, 0.4) is 0 Å². The van der Waals surface area contributed by atoms with E-state index in [1.54, 1.807) is 91.9 Å². The van der Waals surface area contributed by atoms with Gasteiger partial charge in [-0.15, -0.1) is 0 Å². The van der Waals surface area contributed by atoms with E-state index in [-0.39, 0.29) is 10.2 Å². The minimum absolute atomic E-state index is 0.0666. The lowest BCUT2D eigenvalue weighted by Gasteiger charge is -2.30. The van der Waals surface area contributed by atoms with Crippen molar-refractivity contribution in [1.29, 1.82) is 0 Å². The lowest BCUT2D eigenvalue weighted by molar-refractivity contribution is 0.122. The number of morpholine rings is 2. The zero-order valence-electron chi connectivity index (χ0n) is 56.2. The summed E-state index contributed by atoms with van der Waals surface area (Å²) >= 11 is 12.8. The topological polar surface area (TPSA) is 327 Å². The number of benzene rings is 5. The van der Waals surface area contributed by atoms with Gasteiger partial charge in [0.25, 0.3) is 10.1 Å². The lowest BCUT2D eigenvalue weighted by Crippen LogP contribution is -2.36. The Morgan fingerprint density at radius 2 is 1.10 bits per heavy atom. The number of hydrogen-bond acceptors (Lipinski definition) is 23. The Labute approximate surface area is 588 Å². The molecular weight excluding hydrogens is 1450 g/mol. The summed E-state index contributed by atoms with van der Waals surface area (Å²) in [5, 5.41) is 36.3. The first-order chi connectivity index (χ1) is 46.0. The minimum atomic E-state index is -4.02. The van der Waals surface area contributed by atoms with Gasteiger partial charge in [0.2, 0.25) is 11.2 Å². The molecule has 2 fully saturated rings. The van der Waals surface area contributed by atoms with Crippen LogP contribution in [0.5, 0.6) is 11.5 Å². The van der Waals surface area contributed by atoms with E-state index in [1.165, 1.54) is 21.7 Å². The number of rotatable bonds is 17. The summed E-state index contributed by atoms with van der Waals surface area (Å²) in [7, 11) is -2.39. The summed E-state index contributed by atoms with van der Waals surface area (Å²) in [6, 6.07) is 25.3. The van der Waals surface area contributed by atoms with Gasteiger partial charge in [-0.25, -0.2) is 9.97 Å². The number of nitrogen functional groups attached to an aromatic ring is 1. The minimum Gasteiger partial charge on any atom is -0.495 e. The number of unbranched alkanes of at least 4 members (excludes halogenated alkanes) is 1.